The van der Waals surface area contributed by atoms with Gasteiger partial charge < -0.3 is 9.64 Å². The third-order valence-electron chi connectivity index (χ3n) is 3.65. The third kappa shape index (κ3) is 5.09. The summed E-state index contributed by atoms with van der Waals surface area (Å²) >= 11 is 0. The van der Waals surface area contributed by atoms with Crippen LogP contribution >= 0.6 is 0 Å². The zero-order valence-corrected chi connectivity index (χ0v) is 13.0. The molecule has 0 spiro atoms. The first-order valence-corrected chi connectivity index (χ1v) is 7.56. The summed E-state index contributed by atoms with van der Waals surface area (Å²) in [6.45, 7) is 5.04. The number of esters is 1. The van der Waals surface area contributed by atoms with Gasteiger partial charge in [0.05, 0.1) is 18.7 Å². The van der Waals surface area contributed by atoms with Crippen LogP contribution in [0.4, 0.5) is 19.0 Å². The highest BCUT2D eigenvalue weighted by Gasteiger charge is 2.31. The van der Waals surface area contributed by atoms with Gasteiger partial charge >= 0.3 is 12.1 Å². The number of aromatic nitrogens is 1. The van der Waals surface area contributed by atoms with Crippen molar-refractivity contribution in [2.45, 2.75) is 19.5 Å². The summed E-state index contributed by atoms with van der Waals surface area (Å²) in [4.78, 5) is 19.4. The van der Waals surface area contributed by atoms with Crippen molar-refractivity contribution in [2.24, 2.45) is 0 Å². The second-order valence-corrected chi connectivity index (χ2v) is 5.32. The largest absolute Gasteiger partial charge is 0.465 e. The number of ether oxygens (including phenoxy) is 1. The molecule has 0 N–H and O–H groups in total. The van der Waals surface area contributed by atoms with Crippen molar-refractivity contribution in [3.8, 4) is 0 Å². The van der Waals surface area contributed by atoms with Gasteiger partial charge in [-0.25, -0.2) is 4.98 Å². The van der Waals surface area contributed by atoms with Crippen molar-refractivity contribution in [3.05, 3.63) is 23.9 Å². The van der Waals surface area contributed by atoms with Gasteiger partial charge in [0.1, 0.15) is 5.82 Å². The SMILES string of the molecule is CCOC(=O)CN1CCCN(c2ccc(C(F)(F)F)cn2)CC1. The fraction of sp³-hybridized carbons (Fsp3) is 0.600. The number of carbonyl (C=O) groups excluding carboxylic acids is 1. The van der Waals surface area contributed by atoms with E-state index in [2.05, 4.69) is 4.98 Å². The summed E-state index contributed by atoms with van der Waals surface area (Å²) in [6, 6.07) is 2.44. The molecule has 1 aromatic heterocycles. The van der Waals surface area contributed by atoms with Crippen LogP contribution in [-0.2, 0) is 15.7 Å². The van der Waals surface area contributed by atoms with Gasteiger partial charge in [0.25, 0.3) is 0 Å². The highest BCUT2D eigenvalue weighted by Crippen LogP contribution is 2.29. The molecule has 0 radical (unpaired) electrons. The fourth-order valence-corrected chi connectivity index (χ4v) is 2.49. The maximum atomic E-state index is 12.6. The van der Waals surface area contributed by atoms with Gasteiger partial charge in [-0.3, -0.25) is 9.69 Å². The zero-order chi connectivity index (χ0) is 16.9. The minimum absolute atomic E-state index is 0.238. The number of pyridine rings is 1. The van der Waals surface area contributed by atoms with Crippen LogP contribution in [0.25, 0.3) is 0 Å². The van der Waals surface area contributed by atoms with Gasteiger partial charge in [0.2, 0.25) is 0 Å². The molecule has 0 amide bonds. The van der Waals surface area contributed by atoms with E-state index in [0.717, 1.165) is 25.2 Å². The van der Waals surface area contributed by atoms with Gasteiger partial charge in [0, 0.05) is 32.4 Å². The molecule has 1 aromatic rings. The van der Waals surface area contributed by atoms with Crippen molar-refractivity contribution in [3.63, 3.8) is 0 Å². The molecule has 2 rings (SSSR count). The van der Waals surface area contributed by atoms with E-state index in [0.29, 0.717) is 32.1 Å². The maximum Gasteiger partial charge on any atom is 0.417 e. The van der Waals surface area contributed by atoms with E-state index < -0.39 is 11.7 Å². The lowest BCUT2D eigenvalue weighted by Gasteiger charge is -2.22. The second-order valence-electron chi connectivity index (χ2n) is 5.32. The van der Waals surface area contributed by atoms with Gasteiger partial charge in [0.15, 0.2) is 0 Å². The predicted octanol–water partition coefficient (Wildman–Crippen LogP) is 2.18. The average Bonchev–Trinajstić information content (AvgIpc) is 2.72. The lowest BCUT2D eigenvalue weighted by Crippen LogP contribution is -2.35. The van der Waals surface area contributed by atoms with E-state index in [1.54, 1.807) is 6.92 Å². The first-order chi connectivity index (χ1) is 10.9. The van der Waals surface area contributed by atoms with Gasteiger partial charge in [-0.1, -0.05) is 0 Å². The molecule has 1 saturated heterocycles. The van der Waals surface area contributed by atoms with Crippen molar-refractivity contribution < 1.29 is 22.7 Å². The molecule has 128 valence electrons. The molecule has 2 heterocycles. The van der Waals surface area contributed by atoms with Crippen LogP contribution in [0.3, 0.4) is 0 Å². The predicted molar refractivity (Wildman–Crippen MR) is 79.1 cm³/mol. The molecule has 23 heavy (non-hydrogen) atoms. The molecule has 0 saturated carbocycles. The summed E-state index contributed by atoms with van der Waals surface area (Å²) in [6.07, 6.45) is -2.71. The Morgan fingerprint density at radius 3 is 2.65 bits per heavy atom. The molecule has 0 unspecified atom stereocenters. The topological polar surface area (TPSA) is 45.7 Å². The summed E-state index contributed by atoms with van der Waals surface area (Å²) in [5.41, 5.74) is -0.750. The van der Waals surface area contributed by atoms with E-state index in [4.69, 9.17) is 4.74 Å². The lowest BCUT2D eigenvalue weighted by molar-refractivity contribution is -0.144. The minimum Gasteiger partial charge on any atom is -0.465 e. The van der Waals surface area contributed by atoms with E-state index in [1.807, 2.05) is 9.80 Å². The Hall–Kier alpha value is -1.83. The molecule has 1 fully saturated rings. The molecule has 0 aromatic carbocycles. The Morgan fingerprint density at radius 2 is 2.04 bits per heavy atom. The van der Waals surface area contributed by atoms with Crippen molar-refractivity contribution in [1.82, 2.24) is 9.88 Å². The zero-order valence-electron chi connectivity index (χ0n) is 13.0. The minimum atomic E-state index is -4.37. The van der Waals surface area contributed by atoms with Crippen LogP contribution < -0.4 is 4.90 Å². The first kappa shape index (κ1) is 17.5. The smallest absolute Gasteiger partial charge is 0.417 e. The Balaban J connectivity index is 1.94. The van der Waals surface area contributed by atoms with Gasteiger partial charge in [-0.2, -0.15) is 13.2 Å². The highest BCUT2D eigenvalue weighted by molar-refractivity contribution is 5.71. The molecular weight excluding hydrogens is 311 g/mol. The highest BCUT2D eigenvalue weighted by atomic mass is 19.4. The molecule has 8 heteroatoms. The Bertz CT molecular complexity index is 520. The van der Waals surface area contributed by atoms with Gasteiger partial charge in [-0.05, 0) is 25.5 Å². The Kier molecular flexibility index (Phi) is 5.81. The number of anilines is 1. The van der Waals surface area contributed by atoms with Crippen molar-refractivity contribution >= 4 is 11.8 Å². The number of alkyl halides is 3. The number of rotatable bonds is 4. The van der Waals surface area contributed by atoms with E-state index in [1.165, 1.54) is 6.07 Å². The first-order valence-electron chi connectivity index (χ1n) is 7.56. The van der Waals surface area contributed by atoms with Crippen LogP contribution in [-0.4, -0.2) is 55.2 Å². The molecule has 5 nitrogen and oxygen atoms in total. The van der Waals surface area contributed by atoms with E-state index >= 15 is 0 Å². The number of halogens is 3. The quantitative estimate of drug-likeness (QED) is 0.792. The molecule has 1 aliphatic rings. The van der Waals surface area contributed by atoms with Crippen LogP contribution in [0.1, 0.15) is 18.9 Å². The monoisotopic (exact) mass is 331 g/mol. The maximum absolute atomic E-state index is 12.6. The van der Waals surface area contributed by atoms with Crippen molar-refractivity contribution in [1.29, 1.82) is 0 Å². The summed E-state index contributed by atoms with van der Waals surface area (Å²) < 4.78 is 42.6. The van der Waals surface area contributed by atoms with Gasteiger partial charge in [-0.15, -0.1) is 0 Å². The van der Waals surface area contributed by atoms with Crippen LogP contribution in [0.5, 0.6) is 0 Å². The molecule has 1 aliphatic heterocycles. The summed E-state index contributed by atoms with van der Waals surface area (Å²) in [7, 11) is 0. The average molecular weight is 331 g/mol. The Labute approximate surface area is 133 Å². The molecule has 0 atom stereocenters. The standard InChI is InChI=1S/C15H20F3N3O2/c1-2-23-14(22)11-20-6-3-7-21(9-8-20)13-5-4-12(10-19-13)15(16,17)18/h4-5,10H,2-3,6-9,11H2,1H3. The Morgan fingerprint density at radius 1 is 1.26 bits per heavy atom. The van der Waals surface area contributed by atoms with Crippen LogP contribution in [0.15, 0.2) is 18.3 Å². The lowest BCUT2D eigenvalue weighted by atomic mass is 10.2. The molecular formula is C15H20F3N3O2. The fourth-order valence-electron chi connectivity index (χ4n) is 2.49. The summed E-state index contributed by atoms with van der Waals surface area (Å²) in [5.74, 6) is 0.268. The number of hydrogen-bond acceptors (Lipinski definition) is 5. The van der Waals surface area contributed by atoms with E-state index in [-0.39, 0.29) is 12.5 Å². The van der Waals surface area contributed by atoms with Crippen molar-refractivity contribution in [2.75, 3.05) is 44.2 Å². The summed E-state index contributed by atoms with van der Waals surface area (Å²) in [5, 5.41) is 0. The van der Waals surface area contributed by atoms with Crippen LogP contribution in [0.2, 0.25) is 0 Å². The normalized spacial score (nSPS) is 17.0. The molecule has 0 aliphatic carbocycles. The second kappa shape index (κ2) is 7.63. The number of nitrogens with zero attached hydrogens (tertiary/aromatic N) is 3. The van der Waals surface area contributed by atoms with E-state index in [9.17, 15) is 18.0 Å². The third-order valence-corrected chi connectivity index (χ3v) is 3.65. The van der Waals surface area contributed by atoms with Crippen LogP contribution in [0, 0.1) is 0 Å². The molecule has 0 bridgehead atoms. The number of carbonyl (C=O) groups is 1. The number of hydrogen-bond donors (Lipinski definition) is 0.